The van der Waals surface area contributed by atoms with Gasteiger partial charge in [0.2, 0.25) is 11.7 Å². The van der Waals surface area contributed by atoms with Crippen molar-refractivity contribution in [2.45, 2.75) is 20.3 Å². The quantitative estimate of drug-likeness (QED) is 0.793. The van der Waals surface area contributed by atoms with Crippen LogP contribution in [0.15, 0.2) is 22.7 Å². The van der Waals surface area contributed by atoms with E-state index in [1.54, 1.807) is 0 Å². The Kier molecular flexibility index (Phi) is 3.82. The van der Waals surface area contributed by atoms with Crippen molar-refractivity contribution in [1.82, 2.24) is 20.4 Å². The van der Waals surface area contributed by atoms with Gasteiger partial charge in [0.05, 0.1) is 0 Å². The molecule has 0 aliphatic rings. The van der Waals surface area contributed by atoms with Gasteiger partial charge in [0.1, 0.15) is 5.69 Å². The van der Waals surface area contributed by atoms with Crippen LogP contribution >= 0.6 is 0 Å². The van der Waals surface area contributed by atoms with Gasteiger partial charge in [-0.3, -0.25) is 0 Å². The fourth-order valence-electron chi connectivity index (χ4n) is 1.50. The third-order valence-electron chi connectivity index (χ3n) is 2.35. The summed E-state index contributed by atoms with van der Waals surface area (Å²) in [5, 5.41) is 7.14. The van der Waals surface area contributed by atoms with Crippen molar-refractivity contribution in [1.29, 1.82) is 0 Å². The number of hydrogen-bond donors (Lipinski definition) is 1. The molecule has 2 aromatic rings. The zero-order valence-electron chi connectivity index (χ0n) is 10.1. The first-order valence-electron chi connectivity index (χ1n) is 5.77. The smallest absolute Gasteiger partial charge is 0.228 e. The zero-order chi connectivity index (χ0) is 12.1. The second kappa shape index (κ2) is 5.54. The lowest BCUT2D eigenvalue weighted by Gasteiger charge is -1.95. The van der Waals surface area contributed by atoms with Gasteiger partial charge in [0.25, 0.3) is 0 Å². The lowest BCUT2D eigenvalue weighted by molar-refractivity contribution is 0.376. The number of nitrogens with zero attached hydrogens (tertiary/aromatic N) is 3. The highest BCUT2D eigenvalue weighted by molar-refractivity contribution is 5.47. The highest BCUT2D eigenvalue weighted by Crippen LogP contribution is 2.13. The number of aromatic nitrogens is 3. The van der Waals surface area contributed by atoms with Crippen molar-refractivity contribution in [3.63, 3.8) is 0 Å². The van der Waals surface area contributed by atoms with E-state index in [0.717, 1.165) is 30.9 Å². The number of likely N-dealkylation sites (N-methyl/N-ethyl adjacent to an activating group) is 1. The Morgan fingerprint density at radius 1 is 1.29 bits per heavy atom. The molecule has 0 saturated heterocycles. The molecule has 1 N–H and O–H groups in total. The lowest BCUT2D eigenvalue weighted by atomic mass is 10.3. The first-order chi connectivity index (χ1) is 8.29. The second-order valence-corrected chi connectivity index (χ2v) is 3.78. The molecule has 2 aromatic heterocycles. The fraction of sp³-hybridized carbons (Fsp3) is 0.417. The number of pyridine rings is 1. The Morgan fingerprint density at radius 2 is 2.18 bits per heavy atom. The summed E-state index contributed by atoms with van der Waals surface area (Å²) in [4.78, 5) is 8.67. The molecule has 5 heteroatoms. The number of aryl methyl sites for hydroxylation is 1. The predicted octanol–water partition coefficient (Wildman–Crippen LogP) is 1.59. The monoisotopic (exact) mass is 232 g/mol. The van der Waals surface area contributed by atoms with Crippen LogP contribution in [0.25, 0.3) is 11.5 Å². The third-order valence-corrected chi connectivity index (χ3v) is 2.35. The highest BCUT2D eigenvalue weighted by atomic mass is 16.5. The molecule has 0 amide bonds. The van der Waals surface area contributed by atoms with Crippen LogP contribution < -0.4 is 5.32 Å². The molecule has 17 heavy (non-hydrogen) atoms. The molecule has 0 atom stereocenters. The van der Waals surface area contributed by atoms with E-state index in [1.165, 1.54) is 0 Å². The largest absolute Gasteiger partial charge is 0.339 e. The summed E-state index contributed by atoms with van der Waals surface area (Å²) in [6.45, 7) is 5.80. The average Bonchev–Trinajstić information content (AvgIpc) is 2.78. The standard InChI is InChI=1S/C12H16N4O/c1-3-13-8-7-11-15-12(16-17-11)10-6-4-5-9(2)14-10/h4-6,13H,3,7-8H2,1-2H3. The molecule has 2 rings (SSSR count). The van der Waals surface area contributed by atoms with Crippen LogP contribution in [-0.4, -0.2) is 28.2 Å². The van der Waals surface area contributed by atoms with Gasteiger partial charge in [-0.25, -0.2) is 4.98 Å². The number of hydrogen-bond acceptors (Lipinski definition) is 5. The van der Waals surface area contributed by atoms with Gasteiger partial charge < -0.3 is 9.84 Å². The Morgan fingerprint density at radius 3 is 2.94 bits per heavy atom. The van der Waals surface area contributed by atoms with Crippen molar-refractivity contribution in [2.24, 2.45) is 0 Å². The van der Waals surface area contributed by atoms with Crippen LogP contribution in [0, 0.1) is 6.92 Å². The molecule has 0 aliphatic heterocycles. The molecule has 90 valence electrons. The molecule has 0 fully saturated rings. The maximum atomic E-state index is 5.16. The Bertz CT molecular complexity index is 481. The molecule has 0 spiro atoms. The maximum absolute atomic E-state index is 5.16. The van der Waals surface area contributed by atoms with E-state index in [4.69, 9.17) is 4.52 Å². The first kappa shape index (κ1) is 11.7. The van der Waals surface area contributed by atoms with Crippen molar-refractivity contribution < 1.29 is 4.52 Å². The van der Waals surface area contributed by atoms with Gasteiger partial charge in [-0.1, -0.05) is 18.1 Å². The second-order valence-electron chi connectivity index (χ2n) is 3.78. The van der Waals surface area contributed by atoms with E-state index < -0.39 is 0 Å². The van der Waals surface area contributed by atoms with Gasteiger partial charge in [0.15, 0.2) is 0 Å². The summed E-state index contributed by atoms with van der Waals surface area (Å²) < 4.78 is 5.16. The maximum Gasteiger partial charge on any atom is 0.228 e. The minimum Gasteiger partial charge on any atom is -0.339 e. The molecule has 2 heterocycles. The molecule has 0 aliphatic carbocycles. The van der Waals surface area contributed by atoms with Crippen molar-refractivity contribution >= 4 is 0 Å². The van der Waals surface area contributed by atoms with Crippen LogP contribution in [0.5, 0.6) is 0 Å². The molecule has 0 radical (unpaired) electrons. The van der Waals surface area contributed by atoms with Crippen molar-refractivity contribution in [3.8, 4) is 11.5 Å². The fourth-order valence-corrected chi connectivity index (χ4v) is 1.50. The van der Waals surface area contributed by atoms with Crippen LogP contribution in [0.2, 0.25) is 0 Å². The Balaban J connectivity index is 2.07. The minimum absolute atomic E-state index is 0.556. The third kappa shape index (κ3) is 3.10. The zero-order valence-corrected chi connectivity index (χ0v) is 10.1. The molecule has 0 unspecified atom stereocenters. The van der Waals surface area contributed by atoms with Crippen LogP contribution in [0.3, 0.4) is 0 Å². The van der Waals surface area contributed by atoms with Gasteiger partial charge in [-0.05, 0) is 25.6 Å². The molecule has 0 aromatic carbocycles. The average molecular weight is 232 g/mol. The Labute approximate surface area is 100 Å². The predicted molar refractivity (Wildman–Crippen MR) is 64.5 cm³/mol. The number of rotatable bonds is 5. The summed E-state index contributed by atoms with van der Waals surface area (Å²) in [6, 6.07) is 5.76. The molecule has 0 bridgehead atoms. The lowest BCUT2D eigenvalue weighted by Crippen LogP contribution is -2.16. The van der Waals surface area contributed by atoms with Gasteiger partial charge >= 0.3 is 0 Å². The van der Waals surface area contributed by atoms with Crippen molar-refractivity contribution in [2.75, 3.05) is 13.1 Å². The number of nitrogens with one attached hydrogen (secondary N) is 1. The van der Waals surface area contributed by atoms with Crippen LogP contribution in [0.1, 0.15) is 18.5 Å². The Hall–Kier alpha value is -1.75. The van der Waals surface area contributed by atoms with E-state index in [2.05, 4.69) is 27.4 Å². The van der Waals surface area contributed by atoms with E-state index in [-0.39, 0.29) is 0 Å². The van der Waals surface area contributed by atoms with E-state index >= 15 is 0 Å². The van der Waals surface area contributed by atoms with Crippen molar-refractivity contribution in [3.05, 3.63) is 29.8 Å². The van der Waals surface area contributed by atoms with E-state index in [0.29, 0.717) is 11.7 Å². The minimum atomic E-state index is 0.556. The van der Waals surface area contributed by atoms with Gasteiger partial charge in [0, 0.05) is 18.7 Å². The normalized spacial score (nSPS) is 10.7. The summed E-state index contributed by atoms with van der Waals surface area (Å²) in [5.74, 6) is 1.20. The summed E-state index contributed by atoms with van der Waals surface area (Å²) in [5.41, 5.74) is 1.70. The van der Waals surface area contributed by atoms with Crippen LogP contribution in [-0.2, 0) is 6.42 Å². The van der Waals surface area contributed by atoms with Gasteiger partial charge in [-0.2, -0.15) is 4.98 Å². The highest BCUT2D eigenvalue weighted by Gasteiger charge is 2.09. The van der Waals surface area contributed by atoms with Gasteiger partial charge in [-0.15, -0.1) is 0 Å². The summed E-state index contributed by atoms with van der Waals surface area (Å²) in [7, 11) is 0. The van der Waals surface area contributed by atoms with E-state index in [1.807, 2.05) is 25.1 Å². The SMILES string of the molecule is CCNCCc1nc(-c2cccc(C)n2)no1. The first-order valence-corrected chi connectivity index (χ1v) is 5.77. The molecule has 0 saturated carbocycles. The van der Waals surface area contributed by atoms with E-state index in [9.17, 15) is 0 Å². The summed E-state index contributed by atoms with van der Waals surface area (Å²) >= 11 is 0. The molecular weight excluding hydrogens is 216 g/mol. The molecule has 5 nitrogen and oxygen atoms in total. The topological polar surface area (TPSA) is 63.8 Å². The molecular formula is C12H16N4O. The summed E-state index contributed by atoms with van der Waals surface area (Å²) in [6.07, 6.45) is 0.743. The van der Waals surface area contributed by atoms with Crippen LogP contribution in [0.4, 0.5) is 0 Å².